The Morgan fingerprint density at radius 2 is 2.05 bits per heavy atom. The van der Waals surface area contributed by atoms with Crippen LogP contribution in [0.5, 0.6) is 0 Å². The molecule has 1 unspecified atom stereocenters. The molecule has 2 aromatic rings. The molecule has 0 spiro atoms. The first-order valence-electron chi connectivity index (χ1n) is 6.62. The largest absolute Gasteiger partial charge is 0.400 e. The summed E-state index contributed by atoms with van der Waals surface area (Å²) < 4.78 is 1.11. The lowest BCUT2D eigenvalue weighted by atomic mass is 9.95. The fourth-order valence-corrected chi connectivity index (χ4v) is 3.03. The topological polar surface area (TPSA) is 53.1 Å². The van der Waals surface area contributed by atoms with Gasteiger partial charge in [-0.1, -0.05) is 28.1 Å². The fourth-order valence-electron chi connectivity index (χ4n) is 2.76. The number of rotatable bonds is 3. The number of halogens is 1. The van der Waals surface area contributed by atoms with Crippen LogP contribution in [-0.2, 0) is 12.8 Å². The van der Waals surface area contributed by atoms with Crippen molar-refractivity contribution in [3.05, 3.63) is 57.3 Å². The number of benzene rings is 1. The van der Waals surface area contributed by atoms with E-state index < -0.39 is 0 Å². The summed E-state index contributed by atoms with van der Waals surface area (Å²) in [6.45, 7) is 0. The predicted octanol–water partition coefficient (Wildman–Crippen LogP) is 3.47. The Morgan fingerprint density at radius 3 is 2.70 bits per heavy atom. The Hall–Kier alpha value is -1.39. The fraction of sp³-hybridized carbons (Fsp3) is 0.312. The summed E-state index contributed by atoms with van der Waals surface area (Å²) in [5.41, 5.74) is 4.64. The van der Waals surface area contributed by atoms with Gasteiger partial charge in [-0.3, -0.25) is 4.79 Å². The number of carbonyl (C=O) groups is 1. The van der Waals surface area contributed by atoms with Gasteiger partial charge in [-0.05, 0) is 54.5 Å². The average Bonchev–Trinajstić information content (AvgIpc) is 3.05. The first-order valence-corrected chi connectivity index (χ1v) is 7.41. The smallest absolute Gasteiger partial charge is 0.166 e. The van der Waals surface area contributed by atoms with Gasteiger partial charge in [-0.25, -0.2) is 0 Å². The van der Waals surface area contributed by atoms with Crippen molar-refractivity contribution in [1.29, 1.82) is 0 Å². The Kier molecular flexibility index (Phi) is 5.15. The number of aldehydes is 1. The van der Waals surface area contributed by atoms with E-state index in [4.69, 9.17) is 5.11 Å². The number of aliphatic hydroxyl groups is 1. The molecule has 0 fully saturated rings. The number of aliphatic hydroxyl groups excluding tert-OH is 1. The third-order valence-electron chi connectivity index (χ3n) is 3.66. The van der Waals surface area contributed by atoms with E-state index >= 15 is 0 Å². The van der Waals surface area contributed by atoms with Crippen molar-refractivity contribution < 1.29 is 9.90 Å². The van der Waals surface area contributed by atoms with Crippen LogP contribution in [0.15, 0.2) is 34.8 Å². The third-order valence-corrected chi connectivity index (χ3v) is 4.19. The van der Waals surface area contributed by atoms with Crippen molar-refractivity contribution in [2.75, 3.05) is 7.11 Å². The molecule has 3 rings (SSSR count). The van der Waals surface area contributed by atoms with Gasteiger partial charge in [0.1, 0.15) is 0 Å². The molecule has 0 saturated carbocycles. The van der Waals surface area contributed by atoms with Crippen molar-refractivity contribution >= 4 is 22.2 Å². The number of H-pyrrole nitrogens is 1. The highest BCUT2D eigenvalue weighted by Gasteiger charge is 2.24. The minimum atomic E-state index is 0.547. The minimum absolute atomic E-state index is 0.547. The zero-order chi connectivity index (χ0) is 14.5. The van der Waals surface area contributed by atoms with Gasteiger partial charge in [0.05, 0.1) is 5.69 Å². The van der Waals surface area contributed by atoms with E-state index in [-0.39, 0.29) is 0 Å². The zero-order valence-electron chi connectivity index (χ0n) is 11.4. The van der Waals surface area contributed by atoms with E-state index in [0.717, 1.165) is 30.7 Å². The van der Waals surface area contributed by atoms with E-state index in [0.29, 0.717) is 11.6 Å². The monoisotopic (exact) mass is 335 g/mol. The molecule has 3 nitrogen and oxygen atoms in total. The van der Waals surface area contributed by atoms with Crippen molar-refractivity contribution in [3.63, 3.8) is 0 Å². The zero-order valence-corrected chi connectivity index (χ0v) is 13.0. The highest BCUT2D eigenvalue weighted by atomic mass is 79.9. The van der Waals surface area contributed by atoms with Crippen molar-refractivity contribution in [3.8, 4) is 0 Å². The third kappa shape index (κ3) is 3.19. The van der Waals surface area contributed by atoms with Crippen molar-refractivity contribution in [2.45, 2.75) is 25.2 Å². The Morgan fingerprint density at radius 1 is 1.35 bits per heavy atom. The molecule has 0 aliphatic heterocycles. The van der Waals surface area contributed by atoms with Gasteiger partial charge in [-0.15, -0.1) is 0 Å². The van der Waals surface area contributed by atoms with Gasteiger partial charge in [0.25, 0.3) is 0 Å². The summed E-state index contributed by atoms with van der Waals surface area (Å²) in [6.07, 6.45) is 4.19. The van der Waals surface area contributed by atoms with E-state index in [1.54, 1.807) is 0 Å². The number of hydrogen-bond donors (Lipinski definition) is 2. The van der Waals surface area contributed by atoms with Gasteiger partial charge in [-0.2, -0.15) is 0 Å². The van der Waals surface area contributed by atoms with Gasteiger partial charge < -0.3 is 10.1 Å². The molecule has 20 heavy (non-hydrogen) atoms. The van der Waals surface area contributed by atoms with Gasteiger partial charge in [0, 0.05) is 17.3 Å². The molecule has 1 atom stereocenters. The SMILES string of the molecule is CO.O=Cc1cc2c([nH]1)CCC2Cc1ccc(Br)cc1. The number of aromatic amines is 1. The molecule has 0 bridgehead atoms. The highest BCUT2D eigenvalue weighted by Crippen LogP contribution is 2.35. The predicted molar refractivity (Wildman–Crippen MR) is 83.2 cm³/mol. The van der Waals surface area contributed by atoms with E-state index in [9.17, 15) is 4.79 Å². The quantitative estimate of drug-likeness (QED) is 0.844. The average molecular weight is 336 g/mol. The second kappa shape index (κ2) is 6.86. The second-order valence-corrected chi connectivity index (χ2v) is 5.76. The number of fused-ring (bicyclic) bond motifs is 1. The second-order valence-electron chi connectivity index (χ2n) is 4.84. The van der Waals surface area contributed by atoms with Crippen LogP contribution < -0.4 is 0 Å². The summed E-state index contributed by atoms with van der Waals surface area (Å²) in [5.74, 6) is 0.547. The van der Waals surface area contributed by atoms with Crippen molar-refractivity contribution in [1.82, 2.24) is 4.98 Å². The molecule has 1 aromatic heterocycles. The summed E-state index contributed by atoms with van der Waals surface area (Å²) in [4.78, 5) is 14.0. The van der Waals surface area contributed by atoms with Crippen LogP contribution in [0, 0.1) is 0 Å². The maximum absolute atomic E-state index is 10.8. The lowest BCUT2D eigenvalue weighted by molar-refractivity contribution is 0.111. The molecule has 106 valence electrons. The summed E-state index contributed by atoms with van der Waals surface area (Å²) in [5, 5.41) is 7.00. The summed E-state index contributed by atoms with van der Waals surface area (Å²) in [6, 6.07) is 10.5. The first kappa shape index (κ1) is 15.0. The van der Waals surface area contributed by atoms with Crippen LogP contribution in [0.25, 0.3) is 0 Å². The molecule has 4 heteroatoms. The molecular weight excluding hydrogens is 318 g/mol. The van der Waals surface area contributed by atoms with Crippen LogP contribution in [0.1, 0.15) is 39.6 Å². The molecule has 0 saturated heterocycles. The van der Waals surface area contributed by atoms with Crippen molar-refractivity contribution in [2.24, 2.45) is 0 Å². The highest BCUT2D eigenvalue weighted by molar-refractivity contribution is 9.10. The molecule has 1 aliphatic rings. The maximum atomic E-state index is 10.8. The van der Waals surface area contributed by atoms with Crippen LogP contribution in [0.4, 0.5) is 0 Å². The lowest BCUT2D eigenvalue weighted by Gasteiger charge is -2.10. The standard InChI is InChI=1S/C15H14BrNO.CH4O/c16-12-4-1-10(2-5-12)7-11-3-6-15-14(11)8-13(9-18)17-15;1-2/h1-2,4-5,8-9,11,17H,3,6-7H2;2H,1H3. The van der Waals surface area contributed by atoms with Crippen LogP contribution >= 0.6 is 15.9 Å². The van der Waals surface area contributed by atoms with Crippen LogP contribution in [-0.4, -0.2) is 23.5 Å². The Balaban J connectivity index is 0.000000704. The summed E-state index contributed by atoms with van der Waals surface area (Å²) >= 11 is 3.45. The molecule has 2 N–H and O–H groups in total. The number of aromatic nitrogens is 1. The van der Waals surface area contributed by atoms with E-state index in [1.165, 1.54) is 23.2 Å². The normalized spacial score (nSPS) is 16.2. The van der Waals surface area contributed by atoms with E-state index in [2.05, 4.69) is 45.2 Å². The lowest BCUT2D eigenvalue weighted by Crippen LogP contribution is -1.97. The molecule has 1 aliphatic carbocycles. The number of carbonyl (C=O) groups excluding carboxylic acids is 1. The Labute approximate surface area is 127 Å². The maximum Gasteiger partial charge on any atom is 0.166 e. The molecule has 0 amide bonds. The van der Waals surface area contributed by atoms with E-state index in [1.807, 2.05) is 6.07 Å². The van der Waals surface area contributed by atoms with Gasteiger partial charge in [0.15, 0.2) is 6.29 Å². The summed E-state index contributed by atoms with van der Waals surface area (Å²) in [7, 11) is 1.00. The number of nitrogens with one attached hydrogen (secondary N) is 1. The minimum Gasteiger partial charge on any atom is -0.400 e. The first-order chi connectivity index (χ1) is 9.76. The molecule has 1 aromatic carbocycles. The van der Waals surface area contributed by atoms with Gasteiger partial charge in [0.2, 0.25) is 0 Å². The Bertz CT molecular complexity index is 575. The van der Waals surface area contributed by atoms with Gasteiger partial charge >= 0.3 is 0 Å². The molecule has 0 radical (unpaired) electrons. The van der Waals surface area contributed by atoms with Crippen LogP contribution in [0.2, 0.25) is 0 Å². The number of hydrogen-bond acceptors (Lipinski definition) is 2. The molecule has 1 heterocycles. The van der Waals surface area contributed by atoms with Crippen LogP contribution in [0.3, 0.4) is 0 Å². The number of aryl methyl sites for hydroxylation is 1. The molecular formula is C16H18BrNO2.